The van der Waals surface area contributed by atoms with Gasteiger partial charge in [-0.1, -0.05) is 0 Å². The fourth-order valence-corrected chi connectivity index (χ4v) is 6.58. The molecule has 2 aromatic rings. The van der Waals surface area contributed by atoms with Gasteiger partial charge in [-0.15, -0.1) is 0 Å². The summed E-state index contributed by atoms with van der Waals surface area (Å²) in [6, 6.07) is 6.30. The number of hydrogen-bond donors (Lipinski definition) is 1. The number of non-ortho nitro benzene ring substituents is 1. The molecule has 0 aliphatic carbocycles. The maximum atomic E-state index is 13.1. The van der Waals surface area contributed by atoms with Gasteiger partial charge < -0.3 is 4.74 Å². The highest BCUT2D eigenvalue weighted by molar-refractivity contribution is 7.92. The van der Waals surface area contributed by atoms with Crippen LogP contribution in [0.4, 0.5) is 11.4 Å². The van der Waals surface area contributed by atoms with Crippen molar-refractivity contribution in [3.05, 3.63) is 51.6 Å². The molecule has 1 heterocycles. The van der Waals surface area contributed by atoms with Gasteiger partial charge in [0.1, 0.15) is 10.6 Å². The summed E-state index contributed by atoms with van der Waals surface area (Å²) in [5.74, 6) is 0.129. The van der Waals surface area contributed by atoms with E-state index in [-0.39, 0.29) is 33.5 Å². The van der Waals surface area contributed by atoms with Gasteiger partial charge in [-0.05, 0) is 62.9 Å². The summed E-state index contributed by atoms with van der Waals surface area (Å²) in [7, 11) is -8.12. The second kappa shape index (κ2) is 9.04. The molecule has 32 heavy (non-hydrogen) atoms. The van der Waals surface area contributed by atoms with Crippen LogP contribution in [0.5, 0.6) is 5.75 Å². The van der Waals surface area contributed by atoms with E-state index in [1.807, 2.05) is 0 Å². The summed E-state index contributed by atoms with van der Waals surface area (Å²) in [6.45, 7) is 5.86. The Morgan fingerprint density at radius 3 is 2.31 bits per heavy atom. The van der Waals surface area contributed by atoms with Crippen molar-refractivity contribution >= 4 is 31.4 Å². The molecule has 1 aliphatic heterocycles. The number of nitro groups is 1. The molecule has 0 saturated carbocycles. The lowest BCUT2D eigenvalue weighted by atomic mass is 10.1. The Kier molecular flexibility index (Phi) is 6.77. The maximum Gasteiger partial charge on any atom is 0.271 e. The molecule has 0 amide bonds. The zero-order valence-corrected chi connectivity index (χ0v) is 19.6. The Labute approximate surface area is 187 Å². The number of nitrogens with zero attached hydrogens (tertiary/aromatic N) is 2. The number of hydrogen-bond acceptors (Lipinski definition) is 7. The summed E-state index contributed by atoms with van der Waals surface area (Å²) in [6.07, 6.45) is 1.50. The second-order valence-electron chi connectivity index (χ2n) is 7.45. The van der Waals surface area contributed by atoms with Gasteiger partial charge in [-0.3, -0.25) is 14.8 Å². The SMILES string of the molecule is CCOc1ccc(NS(=O)(=O)c2cc([N+](=O)[O-])cc(C)c2C)cc1S(=O)(=O)N1CCCC1. The zero-order chi connectivity index (χ0) is 23.7. The smallest absolute Gasteiger partial charge is 0.271 e. The van der Waals surface area contributed by atoms with E-state index in [1.165, 1.54) is 28.6 Å². The lowest BCUT2D eigenvalue weighted by Crippen LogP contribution is -2.28. The Balaban J connectivity index is 2.05. The van der Waals surface area contributed by atoms with Gasteiger partial charge >= 0.3 is 0 Å². The fraction of sp³-hybridized carbons (Fsp3) is 0.400. The van der Waals surface area contributed by atoms with Gasteiger partial charge in [0.05, 0.1) is 22.1 Å². The molecule has 1 saturated heterocycles. The topological polar surface area (TPSA) is 136 Å². The van der Waals surface area contributed by atoms with Crippen LogP contribution < -0.4 is 9.46 Å². The third-order valence-electron chi connectivity index (χ3n) is 5.28. The van der Waals surface area contributed by atoms with E-state index >= 15 is 0 Å². The van der Waals surface area contributed by atoms with E-state index in [0.29, 0.717) is 24.2 Å². The maximum absolute atomic E-state index is 13.1. The van der Waals surface area contributed by atoms with Gasteiger partial charge in [-0.2, -0.15) is 4.31 Å². The first-order chi connectivity index (χ1) is 15.0. The lowest BCUT2D eigenvalue weighted by molar-refractivity contribution is -0.385. The van der Waals surface area contributed by atoms with Gasteiger partial charge in [0.2, 0.25) is 10.0 Å². The largest absolute Gasteiger partial charge is 0.492 e. The standard InChI is InChI=1S/C20H25N3O7S2/c1-4-30-18-8-7-16(12-20(18)32(28,29)22-9-5-6-10-22)21-31(26,27)19-13-17(23(24)25)11-14(2)15(19)3/h7-8,11-13,21H,4-6,9-10H2,1-3H3. The number of nitro benzene ring substituents is 1. The van der Waals surface area contributed by atoms with Crippen LogP contribution >= 0.6 is 0 Å². The number of aryl methyl sites for hydroxylation is 1. The van der Waals surface area contributed by atoms with Crippen molar-refractivity contribution < 1.29 is 26.5 Å². The summed E-state index contributed by atoms with van der Waals surface area (Å²) in [4.78, 5) is 10.1. The van der Waals surface area contributed by atoms with E-state index in [1.54, 1.807) is 20.8 Å². The van der Waals surface area contributed by atoms with Crippen molar-refractivity contribution in [1.29, 1.82) is 0 Å². The average molecular weight is 484 g/mol. The number of anilines is 1. The quantitative estimate of drug-likeness (QED) is 0.450. The van der Waals surface area contributed by atoms with Gasteiger partial charge in [0, 0.05) is 25.2 Å². The van der Waals surface area contributed by atoms with Crippen LogP contribution in [0.3, 0.4) is 0 Å². The second-order valence-corrected chi connectivity index (χ2v) is 11.0. The van der Waals surface area contributed by atoms with Crippen LogP contribution in [0.2, 0.25) is 0 Å². The molecule has 1 fully saturated rings. The molecule has 1 N–H and O–H groups in total. The Bertz CT molecular complexity index is 1250. The first kappa shape index (κ1) is 24.0. The molecular weight excluding hydrogens is 458 g/mol. The van der Waals surface area contributed by atoms with E-state index in [0.717, 1.165) is 18.9 Å². The van der Waals surface area contributed by atoms with Crippen molar-refractivity contribution in [2.24, 2.45) is 0 Å². The zero-order valence-electron chi connectivity index (χ0n) is 18.0. The van der Waals surface area contributed by atoms with Crippen LogP contribution in [-0.2, 0) is 20.0 Å². The van der Waals surface area contributed by atoms with Crippen LogP contribution in [0.15, 0.2) is 40.1 Å². The molecule has 0 unspecified atom stereocenters. The highest BCUT2D eigenvalue weighted by Crippen LogP contribution is 2.33. The Morgan fingerprint density at radius 1 is 1.06 bits per heavy atom. The lowest BCUT2D eigenvalue weighted by Gasteiger charge is -2.19. The van der Waals surface area contributed by atoms with E-state index in [9.17, 15) is 26.9 Å². The molecule has 0 aromatic heterocycles. The third kappa shape index (κ3) is 4.71. The number of benzene rings is 2. The van der Waals surface area contributed by atoms with E-state index in [4.69, 9.17) is 4.74 Å². The Hall–Kier alpha value is -2.70. The van der Waals surface area contributed by atoms with Crippen LogP contribution in [-0.4, -0.2) is 45.8 Å². The van der Waals surface area contributed by atoms with E-state index < -0.39 is 25.0 Å². The minimum atomic E-state index is -4.23. The molecule has 0 spiro atoms. The number of ether oxygens (including phenoxy) is 1. The van der Waals surface area contributed by atoms with Crippen molar-refractivity contribution in [1.82, 2.24) is 4.31 Å². The highest BCUT2D eigenvalue weighted by Gasteiger charge is 2.31. The number of nitrogens with one attached hydrogen (secondary N) is 1. The van der Waals surface area contributed by atoms with Crippen molar-refractivity contribution in [2.75, 3.05) is 24.4 Å². The minimum absolute atomic E-state index is 0.00906. The molecule has 0 bridgehead atoms. The molecule has 1 aliphatic rings. The number of sulfonamides is 2. The number of rotatable bonds is 8. The average Bonchev–Trinajstić information content (AvgIpc) is 3.26. The first-order valence-electron chi connectivity index (χ1n) is 10.0. The summed E-state index contributed by atoms with van der Waals surface area (Å²) < 4.78 is 61.5. The summed E-state index contributed by atoms with van der Waals surface area (Å²) >= 11 is 0. The van der Waals surface area contributed by atoms with Crippen molar-refractivity contribution in [3.8, 4) is 5.75 Å². The fourth-order valence-electron chi connectivity index (χ4n) is 3.52. The molecule has 10 nitrogen and oxygen atoms in total. The first-order valence-corrected chi connectivity index (χ1v) is 12.9. The van der Waals surface area contributed by atoms with Crippen molar-refractivity contribution in [2.45, 2.75) is 43.4 Å². The highest BCUT2D eigenvalue weighted by atomic mass is 32.2. The molecular formula is C20H25N3O7S2. The van der Waals surface area contributed by atoms with Crippen LogP contribution in [0.1, 0.15) is 30.9 Å². The monoisotopic (exact) mass is 483 g/mol. The van der Waals surface area contributed by atoms with Gasteiger partial charge in [-0.25, -0.2) is 16.8 Å². The minimum Gasteiger partial charge on any atom is -0.492 e. The third-order valence-corrected chi connectivity index (χ3v) is 8.71. The molecule has 2 aromatic carbocycles. The normalized spacial score (nSPS) is 15.0. The predicted molar refractivity (Wildman–Crippen MR) is 119 cm³/mol. The van der Waals surface area contributed by atoms with Crippen LogP contribution in [0.25, 0.3) is 0 Å². The molecule has 174 valence electrons. The molecule has 3 rings (SSSR count). The summed E-state index contributed by atoms with van der Waals surface area (Å²) in [5.41, 5.74) is 0.467. The van der Waals surface area contributed by atoms with Gasteiger partial charge in [0.25, 0.3) is 15.7 Å². The predicted octanol–water partition coefficient (Wildman–Crippen LogP) is 3.20. The molecule has 0 atom stereocenters. The van der Waals surface area contributed by atoms with Crippen LogP contribution in [0, 0.1) is 24.0 Å². The molecule has 12 heteroatoms. The Morgan fingerprint density at radius 2 is 1.72 bits per heavy atom. The van der Waals surface area contributed by atoms with Gasteiger partial charge in [0.15, 0.2) is 0 Å². The van der Waals surface area contributed by atoms with E-state index in [2.05, 4.69) is 4.72 Å². The summed E-state index contributed by atoms with van der Waals surface area (Å²) in [5, 5.41) is 11.2. The molecule has 0 radical (unpaired) electrons. The van der Waals surface area contributed by atoms with Crippen molar-refractivity contribution in [3.63, 3.8) is 0 Å².